The highest BCUT2D eigenvalue weighted by atomic mass is 32.1. The van der Waals surface area contributed by atoms with E-state index in [-0.39, 0.29) is 0 Å². The fraction of sp³-hybridized carbons (Fsp3) is 0.429. The Balaban J connectivity index is 2.34. The van der Waals surface area contributed by atoms with Crippen LogP contribution in [-0.2, 0) is 6.42 Å². The maximum atomic E-state index is 10.5. The predicted octanol–water partition coefficient (Wildman–Crippen LogP) is 3.19. The summed E-state index contributed by atoms with van der Waals surface area (Å²) in [6.45, 7) is 6.19. The van der Waals surface area contributed by atoms with Gasteiger partial charge in [-0.2, -0.15) is 0 Å². The van der Waals surface area contributed by atoms with Crippen molar-refractivity contribution in [2.75, 3.05) is 0 Å². The van der Waals surface area contributed by atoms with Crippen LogP contribution in [0.2, 0.25) is 0 Å². The molecule has 2 aromatic rings. The number of aliphatic hydroxyl groups excluding tert-OH is 1. The lowest BCUT2D eigenvalue weighted by Crippen LogP contribution is -2.02. The zero-order chi connectivity index (χ0) is 13.1. The summed E-state index contributed by atoms with van der Waals surface area (Å²) < 4.78 is 3.96. The summed E-state index contributed by atoms with van der Waals surface area (Å²) in [5, 5.41) is 14.6. The highest BCUT2D eigenvalue weighted by Crippen LogP contribution is 2.28. The Hall–Kier alpha value is -1.26. The number of hydrogen-bond acceptors (Lipinski definition) is 4. The molecule has 0 aliphatic carbocycles. The third-order valence-corrected chi connectivity index (χ3v) is 3.70. The van der Waals surface area contributed by atoms with E-state index in [2.05, 4.69) is 22.6 Å². The van der Waals surface area contributed by atoms with Crippen LogP contribution in [0.1, 0.15) is 46.7 Å². The first-order chi connectivity index (χ1) is 8.61. The second-order valence-electron chi connectivity index (χ2n) is 4.66. The average molecular weight is 262 g/mol. The van der Waals surface area contributed by atoms with Gasteiger partial charge in [-0.3, -0.25) is 0 Å². The van der Waals surface area contributed by atoms with Gasteiger partial charge in [0.15, 0.2) is 0 Å². The Morgan fingerprint density at radius 1 is 1.22 bits per heavy atom. The lowest BCUT2D eigenvalue weighted by molar-refractivity contribution is 0.222. The van der Waals surface area contributed by atoms with Gasteiger partial charge in [-0.25, -0.2) is 0 Å². The molecular formula is C14H18N2OS. The Labute approximate surface area is 112 Å². The highest BCUT2D eigenvalue weighted by Gasteiger charge is 2.18. The van der Waals surface area contributed by atoms with E-state index in [0.717, 1.165) is 29.0 Å². The number of aliphatic hydroxyl groups is 1. The molecule has 1 aromatic carbocycles. The van der Waals surface area contributed by atoms with Crippen LogP contribution in [0.15, 0.2) is 18.2 Å². The third kappa shape index (κ3) is 2.76. The molecule has 0 saturated carbocycles. The standard InChI is InChI=1S/C14H18N2OS/c1-4-5-12-14(18-16-15-12)13(17)11-7-9(2)6-10(3)8-11/h6-8,13,17H,4-5H2,1-3H3. The fourth-order valence-electron chi connectivity index (χ4n) is 2.15. The molecule has 2 rings (SSSR count). The van der Waals surface area contributed by atoms with Gasteiger partial charge in [0.05, 0.1) is 10.6 Å². The van der Waals surface area contributed by atoms with Gasteiger partial charge in [0.25, 0.3) is 0 Å². The van der Waals surface area contributed by atoms with Crippen molar-refractivity contribution in [1.29, 1.82) is 0 Å². The molecule has 0 saturated heterocycles. The molecule has 96 valence electrons. The zero-order valence-corrected chi connectivity index (χ0v) is 11.8. The predicted molar refractivity (Wildman–Crippen MR) is 73.9 cm³/mol. The second-order valence-corrected chi connectivity index (χ2v) is 5.44. The summed E-state index contributed by atoms with van der Waals surface area (Å²) in [5.41, 5.74) is 4.18. The number of rotatable bonds is 4. The van der Waals surface area contributed by atoms with Gasteiger partial charge in [-0.15, -0.1) is 5.10 Å². The minimum atomic E-state index is -0.606. The van der Waals surface area contributed by atoms with Gasteiger partial charge in [-0.1, -0.05) is 47.2 Å². The summed E-state index contributed by atoms with van der Waals surface area (Å²) in [6.07, 6.45) is 1.27. The largest absolute Gasteiger partial charge is 0.383 e. The van der Waals surface area contributed by atoms with Crippen LogP contribution >= 0.6 is 11.5 Å². The number of hydrogen-bond donors (Lipinski definition) is 1. The highest BCUT2D eigenvalue weighted by molar-refractivity contribution is 7.05. The molecule has 1 atom stereocenters. The first-order valence-electron chi connectivity index (χ1n) is 6.19. The van der Waals surface area contributed by atoms with Crippen molar-refractivity contribution in [2.45, 2.75) is 39.7 Å². The van der Waals surface area contributed by atoms with Gasteiger partial charge in [0, 0.05) is 0 Å². The lowest BCUT2D eigenvalue weighted by atomic mass is 10.0. The SMILES string of the molecule is CCCc1nnsc1C(O)c1cc(C)cc(C)c1. The zero-order valence-electron chi connectivity index (χ0n) is 11.0. The smallest absolute Gasteiger partial charge is 0.117 e. The molecule has 1 unspecified atom stereocenters. The van der Waals surface area contributed by atoms with Crippen molar-refractivity contribution in [3.05, 3.63) is 45.5 Å². The number of aryl methyl sites for hydroxylation is 3. The van der Waals surface area contributed by atoms with Crippen LogP contribution in [-0.4, -0.2) is 14.7 Å². The van der Waals surface area contributed by atoms with E-state index in [1.54, 1.807) is 0 Å². The fourth-order valence-corrected chi connectivity index (χ4v) is 2.86. The molecule has 1 heterocycles. The van der Waals surface area contributed by atoms with Gasteiger partial charge in [0.2, 0.25) is 0 Å². The van der Waals surface area contributed by atoms with Crippen LogP contribution in [0, 0.1) is 13.8 Å². The quantitative estimate of drug-likeness (QED) is 0.920. The lowest BCUT2D eigenvalue weighted by Gasteiger charge is -2.12. The van der Waals surface area contributed by atoms with Crippen molar-refractivity contribution in [3.63, 3.8) is 0 Å². The number of aromatic nitrogens is 2. The van der Waals surface area contributed by atoms with E-state index in [9.17, 15) is 5.11 Å². The molecule has 18 heavy (non-hydrogen) atoms. The second kappa shape index (κ2) is 5.59. The van der Waals surface area contributed by atoms with Gasteiger partial charge in [-0.05, 0) is 37.4 Å². The maximum absolute atomic E-state index is 10.5. The molecule has 0 bridgehead atoms. The first kappa shape index (κ1) is 13.2. The van der Waals surface area contributed by atoms with Crippen molar-refractivity contribution < 1.29 is 5.11 Å². The molecule has 4 heteroatoms. The van der Waals surface area contributed by atoms with E-state index < -0.39 is 6.10 Å². The number of benzene rings is 1. The normalized spacial score (nSPS) is 12.7. The van der Waals surface area contributed by atoms with Crippen LogP contribution in [0.25, 0.3) is 0 Å². The Morgan fingerprint density at radius 2 is 1.89 bits per heavy atom. The number of nitrogens with zero attached hydrogens (tertiary/aromatic N) is 2. The minimum Gasteiger partial charge on any atom is -0.383 e. The van der Waals surface area contributed by atoms with Crippen molar-refractivity contribution in [1.82, 2.24) is 9.59 Å². The van der Waals surface area contributed by atoms with Crippen LogP contribution in [0.4, 0.5) is 0 Å². The van der Waals surface area contributed by atoms with Gasteiger partial charge in [0.1, 0.15) is 6.10 Å². The van der Waals surface area contributed by atoms with E-state index in [4.69, 9.17) is 0 Å². The van der Waals surface area contributed by atoms with Gasteiger partial charge < -0.3 is 5.11 Å². The summed E-state index contributed by atoms with van der Waals surface area (Å²) >= 11 is 1.29. The molecule has 1 aromatic heterocycles. The van der Waals surface area contributed by atoms with Crippen molar-refractivity contribution >= 4 is 11.5 Å². The van der Waals surface area contributed by atoms with Crippen LogP contribution < -0.4 is 0 Å². The van der Waals surface area contributed by atoms with E-state index >= 15 is 0 Å². The molecule has 0 fully saturated rings. The molecule has 0 aliphatic heterocycles. The molecule has 0 amide bonds. The Kier molecular flexibility index (Phi) is 4.09. The molecule has 0 spiro atoms. The first-order valence-corrected chi connectivity index (χ1v) is 6.96. The summed E-state index contributed by atoms with van der Waals surface area (Å²) in [5.74, 6) is 0. The third-order valence-electron chi connectivity index (χ3n) is 2.88. The monoisotopic (exact) mass is 262 g/mol. The van der Waals surface area contributed by atoms with Crippen molar-refractivity contribution in [3.8, 4) is 0 Å². The summed E-state index contributed by atoms with van der Waals surface area (Å²) in [6, 6.07) is 6.15. The molecule has 1 N–H and O–H groups in total. The Bertz CT molecular complexity index is 516. The maximum Gasteiger partial charge on any atom is 0.117 e. The van der Waals surface area contributed by atoms with E-state index in [1.165, 1.54) is 22.7 Å². The van der Waals surface area contributed by atoms with E-state index in [0.29, 0.717) is 0 Å². The molecule has 0 radical (unpaired) electrons. The topological polar surface area (TPSA) is 46.0 Å². The molecule has 3 nitrogen and oxygen atoms in total. The minimum absolute atomic E-state index is 0.606. The van der Waals surface area contributed by atoms with Crippen LogP contribution in [0.5, 0.6) is 0 Å². The molecular weight excluding hydrogens is 244 g/mol. The molecule has 0 aliphatic rings. The summed E-state index contributed by atoms with van der Waals surface area (Å²) in [4.78, 5) is 0.877. The van der Waals surface area contributed by atoms with Crippen molar-refractivity contribution in [2.24, 2.45) is 0 Å². The van der Waals surface area contributed by atoms with Crippen LogP contribution in [0.3, 0.4) is 0 Å². The van der Waals surface area contributed by atoms with E-state index in [1.807, 2.05) is 26.0 Å². The average Bonchev–Trinajstić information content (AvgIpc) is 2.75. The van der Waals surface area contributed by atoms with Gasteiger partial charge >= 0.3 is 0 Å². The Morgan fingerprint density at radius 3 is 2.50 bits per heavy atom. The summed E-state index contributed by atoms with van der Waals surface area (Å²) in [7, 11) is 0.